The lowest BCUT2D eigenvalue weighted by molar-refractivity contribution is -0.143. The van der Waals surface area contributed by atoms with E-state index in [1.807, 2.05) is 0 Å². The molecule has 4 aliphatic rings. The average Bonchev–Trinajstić information content (AvgIpc) is 2.80. The van der Waals surface area contributed by atoms with Crippen LogP contribution in [0.5, 0.6) is 0 Å². The van der Waals surface area contributed by atoms with Gasteiger partial charge in [0, 0.05) is 12.8 Å². The summed E-state index contributed by atoms with van der Waals surface area (Å²) in [6.07, 6.45) is 12.9. The number of carbonyl (C=O) groups excluding carboxylic acids is 1. The van der Waals surface area contributed by atoms with Gasteiger partial charge in [-0.3, -0.25) is 4.79 Å². The smallest absolute Gasteiger partial charge is 0.133 e. The molecule has 0 aromatic carbocycles. The number of hydrogen-bond donors (Lipinski definition) is 0. The Kier molecular flexibility index (Phi) is 3.57. The molecule has 0 amide bonds. The van der Waals surface area contributed by atoms with Gasteiger partial charge < -0.3 is 0 Å². The summed E-state index contributed by atoms with van der Waals surface area (Å²) in [6, 6.07) is 0. The first kappa shape index (κ1) is 16.2. The van der Waals surface area contributed by atoms with Crippen molar-refractivity contribution in [1.82, 2.24) is 0 Å². The molecular formula is C22H36O. The zero-order valence-electron chi connectivity index (χ0n) is 15.8. The highest BCUT2D eigenvalue weighted by Gasteiger charge is 2.62. The molecule has 1 heteroatoms. The predicted molar refractivity (Wildman–Crippen MR) is 95.1 cm³/mol. The van der Waals surface area contributed by atoms with E-state index in [-0.39, 0.29) is 0 Å². The Bertz CT molecular complexity index is 510. The monoisotopic (exact) mass is 316 g/mol. The van der Waals surface area contributed by atoms with Crippen molar-refractivity contribution in [3.63, 3.8) is 0 Å². The van der Waals surface area contributed by atoms with E-state index in [1.165, 1.54) is 51.4 Å². The van der Waals surface area contributed by atoms with E-state index in [0.717, 1.165) is 30.6 Å². The lowest BCUT2D eigenvalue weighted by atomic mass is 9.43. The summed E-state index contributed by atoms with van der Waals surface area (Å²) >= 11 is 0. The van der Waals surface area contributed by atoms with Gasteiger partial charge in [-0.15, -0.1) is 0 Å². The maximum atomic E-state index is 12.0. The van der Waals surface area contributed by atoms with Gasteiger partial charge in [0.15, 0.2) is 0 Å². The number of fused-ring (bicyclic) bond motifs is 5. The molecule has 1 nitrogen and oxygen atoms in total. The fourth-order valence-electron chi connectivity index (χ4n) is 7.99. The van der Waals surface area contributed by atoms with E-state index in [4.69, 9.17) is 0 Å². The molecule has 23 heavy (non-hydrogen) atoms. The van der Waals surface area contributed by atoms with Crippen LogP contribution in [0.1, 0.15) is 91.9 Å². The number of rotatable bonds is 1. The standard InChI is InChI=1S/C22H36O/c1-5-20(2)11-9-19-17-7-6-15-14-16(23)8-12-21(15,3)18(17)10-13-22(19,20)4/h15,17-19H,5-14H2,1-4H3/t15?,17?,18-,19-,20-,21-,22-/m0/s1. The zero-order valence-corrected chi connectivity index (χ0v) is 15.8. The molecule has 4 rings (SSSR count). The maximum Gasteiger partial charge on any atom is 0.133 e. The summed E-state index contributed by atoms with van der Waals surface area (Å²) < 4.78 is 0. The van der Waals surface area contributed by atoms with Crippen LogP contribution in [-0.2, 0) is 4.79 Å². The van der Waals surface area contributed by atoms with Crippen LogP contribution in [0.4, 0.5) is 0 Å². The third-order valence-corrected chi connectivity index (χ3v) is 10.0. The molecule has 2 unspecified atom stereocenters. The number of Topliss-reactive ketones (excluding diaryl/α,β-unsaturated/α-hetero) is 1. The number of carbonyl (C=O) groups is 1. The van der Waals surface area contributed by atoms with E-state index < -0.39 is 0 Å². The number of ketones is 1. The van der Waals surface area contributed by atoms with Crippen molar-refractivity contribution < 1.29 is 4.79 Å². The van der Waals surface area contributed by atoms with Crippen molar-refractivity contribution in [1.29, 1.82) is 0 Å². The summed E-state index contributed by atoms with van der Waals surface area (Å²) in [7, 11) is 0. The van der Waals surface area contributed by atoms with Gasteiger partial charge in [-0.1, -0.05) is 34.1 Å². The van der Waals surface area contributed by atoms with E-state index in [2.05, 4.69) is 27.7 Å². The largest absolute Gasteiger partial charge is 0.300 e. The Labute approximate surface area is 143 Å². The molecule has 0 aromatic rings. The van der Waals surface area contributed by atoms with Gasteiger partial charge in [-0.2, -0.15) is 0 Å². The van der Waals surface area contributed by atoms with Crippen LogP contribution in [-0.4, -0.2) is 5.78 Å². The summed E-state index contributed by atoms with van der Waals surface area (Å²) in [4.78, 5) is 12.0. The fraction of sp³-hybridized carbons (Fsp3) is 0.955. The van der Waals surface area contributed by atoms with Crippen molar-refractivity contribution in [3.05, 3.63) is 0 Å². The number of hydrogen-bond acceptors (Lipinski definition) is 1. The second kappa shape index (κ2) is 5.09. The normalized spacial score (nSPS) is 55.9. The molecular weight excluding hydrogens is 280 g/mol. The first-order valence-electron chi connectivity index (χ1n) is 10.4. The Balaban J connectivity index is 1.64. The second-order valence-corrected chi connectivity index (χ2v) is 10.3. The van der Waals surface area contributed by atoms with E-state index in [0.29, 0.717) is 27.9 Å². The molecule has 0 spiro atoms. The molecule has 4 aliphatic carbocycles. The molecule has 0 bridgehead atoms. The third kappa shape index (κ3) is 2.00. The van der Waals surface area contributed by atoms with Gasteiger partial charge >= 0.3 is 0 Å². The first-order valence-corrected chi connectivity index (χ1v) is 10.4. The van der Waals surface area contributed by atoms with Crippen molar-refractivity contribution in [2.24, 2.45) is 39.9 Å². The van der Waals surface area contributed by atoms with Gasteiger partial charge in [-0.25, -0.2) is 0 Å². The maximum absolute atomic E-state index is 12.0. The Morgan fingerprint density at radius 3 is 2.43 bits per heavy atom. The highest BCUT2D eigenvalue weighted by molar-refractivity contribution is 5.79. The minimum absolute atomic E-state index is 0.476. The molecule has 4 fully saturated rings. The Morgan fingerprint density at radius 2 is 1.70 bits per heavy atom. The van der Waals surface area contributed by atoms with Crippen molar-refractivity contribution in [2.45, 2.75) is 91.9 Å². The highest BCUT2D eigenvalue weighted by atomic mass is 16.1. The summed E-state index contributed by atoms with van der Waals surface area (Å²) in [5.41, 5.74) is 1.63. The van der Waals surface area contributed by atoms with Crippen LogP contribution in [0.25, 0.3) is 0 Å². The van der Waals surface area contributed by atoms with Gasteiger partial charge in [-0.05, 0) is 84.9 Å². The molecule has 7 atom stereocenters. The molecule has 0 N–H and O–H groups in total. The Hall–Kier alpha value is -0.330. The van der Waals surface area contributed by atoms with Gasteiger partial charge in [0.05, 0.1) is 0 Å². The van der Waals surface area contributed by atoms with E-state index in [1.54, 1.807) is 0 Å². The third-order valence-electron chi connectivity index (χ3n) is 10.0. The lowest BCUT2D eigenvalue weighted by Gasteiger charge is -2.61. The highest BCUT2D eigenvalue weighted by Crippen LogP contribution is 2.70. The van der Waals surface area contributed by atoms with Gasteiger partial charge in [0.1, 0.15) is 5.78 Å². The molecule has 4 saturated carbocycles. The van der Waals surface area contributed by atoms with Crippen molar-refractivity contribution in [3.8, 4) is 0 Å². The Morgan fingerprint density at radius 1 is 0.957 bits per heavy atom. The van der Waals surface area contributed by atoms with Crippen molar-refractivity contribution in [2.75, 3.05) is 0 Å². The molecule has 0 heterocycles. The summed E-state index contributed by atoms with van der Waals surface area (Å²) in [5, 5.41) is 0. The zero-order chi connectivity index (χ0) is 16.5. The van der Waals surface area contributed by atoms with Gasteiger partial charge in [0.2, 0.25) is 0 Å². The molecule has 0 saturated heterocycles. The van der Waals surface area contributed by atoms with Crippen LogP contribution < -0.4 is 0 Å². The summed E-state index contributed by atoms with van der Waals surface area (Å²) in [6.45, 7) is 10.2. The quantitative estimate of drug-likeness (QED) is 0.578. The van der Waals surface area contributed by atoms with Crippen LogP contribution >= 0.6 is 0 Å². The second-order valence-electron chi connectivity index (χ2n) is 10.3. The average molecular weight is 317 g/mol. The van der Waals surface area contributed by atoms with Crippen molar-refractivity contribution >= 4 is 5.78 Å². The molecule has 0 radical (unpaired) electrons. The van der Waals surface area contributed by atoms with Crippen LogP contribution in [0.2, 0.25) is 0 Å². The molecule has 130 valence electrons. The minimum Gasteiger partial charge on any atom is -0.300 e. The minimum atomic E-state index is 0.476. The van der Waals surface area contributed by atoms with Crippen LogP contribution in [0.3, 0.4) is 0 Å². The first-order chi connectivity index (χ1) is 10.8. The lowest BCUT2D eigenvalue weighted by Crippen LogP contribution is -2.54. The fourth-order valence-corrected chi connectivity index (χ4v) is 7.99. The van der Waals surface area contributed by atoms with E-state index in [9.17, 15) is 4.79 Å². The van der Waals surface area contributed by atoms with Gasteiger partial charge in [0.25, 0.3) is 0 Å². The van der Waals surface area contributed by atoms with Crippen LogP contribution in [0, 0.1) is 39.9 Å². The molecule has 0 aliphatic heterocycles. The predicted octanol–water partition coefficient (Wildman–Crippen LogP) is 6.01. The van der Waals surface area contributed by atoms with Crippen LogP contribution in [0.15, 0.2) is 0 Å². The SMILES string of the molecule is CC[C@@]1(C)CC[C@H]2C3CCC4CC(=O)CC[C@]4(C)[C@H]3CC[C@@]21C. The molecule has 0 aromatic heterocycles. The summed E-state index contributed by atoms with van der Waals surface area (Å²) in [5.74, 6) is 4.07. The van der Waals surface area contributed by atoms with E-state index >= 15 is 0 Å². The topological polar surface area (TPSA) is 17.1 Å².